The molecule has 18 nitrogen and oxygen atoms in total. The van der Waals surface area contributed by atoms with Gasteiger partial charge in [-0.1, -0.05) is 0 Å². The second-order valence-electron chi connectivity index (χ2n) is 15.4. The van der Waals surface area contributed by atoms with E-state index in [-0.39, 0.29) is 22.9 Å². The minimum Gasteiger partial charge on any atom is -0.496 e. The van der Waals surface area contributed by atoms with E-state index in [1.807, 2.05) is 52.5 Å². The first-order valence-corrected chi connectivity index (χ1v) is 20.2. The van der Waals surface area contributed by atoms with Crippen molar-refractivity contribution in [2.75, 3.05) is 28.4 Å². The van der Waals surface area contributed by atoms with Crippen LogP contribution in [0.25, 0.3) is 77.5 Å². The summed E-state index contributed by atoms with van der Waals surface area (Å²) >= 11 is 0. The Labute approximate surface area is 373 Å². The number of pyridine rings is 4. The summed E-state index contributed by atoms with van der Waals surface area (Å²) in [5.74, 6) is 0.167. The maximum absolute atomic E-state index is 15.0. The van der Waals surface area contributed by atoms with Crippen molar-refractivity contribution in [2.45, 2.75) is 13.8 Å². The lowest BCUT2D eigenvalue weighted by Crippen LogP contribution is -2.22. The molecule has 0 radical (unpaired) electrons. The zero-order chi connectivity index (χ0) is 46.9. The largest absolute Gasteiger partial charge is 0.496 e. The smallest absolute Gasteiger partial charge is 0.333 e. The first-order chi connectivity index (χ1) is 31.7. The van der Waals surface area contributed by atoms with Crippen LogP contribution in [0.5, 0.6) is 23.0 Å². The van der Waals surface area contributed by atoms with E-state index in [1.54, 1.807) is 62.2 Å². The quantitative estimate of drug-likeness (QED) is 0.167. The zero-order valence-corrected chi connectivity index (χ0v) is 37.5. The Morgan fingerprint density at radius 2 is 0.879 bits per heavy atom. The van der Waals surface area contributed by atoms with Crippen molar-refractivity contribution >= 4 is 43.9 Å². The molecule has 0 aliphatic heterocycles. The summed E-state index contributed by atoms with van der Waals surface area (Å²) in [6.07, 6.45) is 11.8. The van der Waals surface area contributed by atoms with Crippen molar-refractivity contribution < 1.29 is 27.7 Å². The molecule has 0 saturated heterocycles. The summed E-state index contributed by atoms with van der Waals surface area (Å²) in [4.78, 5) is 43.4. The normalized spacial score (nSPS) is 11.5. The number of methoxy groups -OCH3 is 4. The topological polar surface area (TPSA) is 178 Å². The minimum atomic E-state index is -0.675. The molecule has 336 valence electrons. The number of hydrogen-bond donors (Lipinski definition) is 0. The molecule has 0 atom stereocenters. The Morgan fingerprint density at radius 1 is 0.500 bits per heavy atom. The van der Waals surface area contributed by atoms with E-state index in [0.717, 1.165) is 46.0 Å². The van der Waals surface area contributed by atoms with E-state index in [1.165, 1.54) is 44.9 Å². The number of benzene rings is 2. The Morgan fingerprint density at radius 3 is 1.21 bits per heavy atom. The predicted octanol–water partition coefficient (Wildman–Crippen LogP) is 6.28. The van der Waals surface area contributed by atoms with Crippen LogP contribution in [-0.4, -0.2) is 86.2 Å². The average molecular weight is 897 g/mol. The number of ether oxygens (including phenoxy) is 4. The lowest BCUT2D eigenvalue weighted by Gasteiger charge is -2.13. The van der Waals surface area contributed by atoms with Crippen molar-refractivity contribution in [3.63, 3.8) is 0 Å². The molecule has 0 fully saturated rings. The van der Waals surface area contributed by atoms with E-state index in [2.05, 4.69) is 30.1 Å². The fourth-order valence-corrected chi connectivity index (χ4v) is 8.50. The molecule has 0 bridgehead atoms. The number of fused-ring (bicyclic) bond motifs is 6. The summed E-state index contributed by atoms with van der Waals surface area (Å²) in [6.45, 7) is 3.82. The van der Waals surface area contributed by atoms with Gasteiger partial charge in [-0.3, -0.25) is 47.6 Å². The van der Waals surface area contributed by atoms with Gasteiger partial charge in [0.15, 0.2) is 23.1 Å². The third-order valence-corrected chi connectivity index (χ3v) is 11.6. The van der Waals surface area contributed by atoms with Crippen LogP contribution in [0, 0.1) is 25.5 Å². The van der Waals surface area contributed by atoms with E-state index < -0.39 is 23.0 Å². The highest BCUT2D eigenvalue weighted by atomic mass is 19.1. The van der Waals surface area contributed by atoms with Gasteiger partial charge in [0, 0.05) is 85.7 Å². The van der Waals surface area contributed by atoms with Gasteiger partial charge in [-0.05, 0) is 26.0 Å². The van der Waals surface area contributed by atoms with Gasteiger partial charge < -0.3 is 18.9 Å². The Bertz CT molecular complexity index is 3470. The maximum Gasteiger partial charge on any atom is 0.333 e. The lowest BCUT2D eigenvalue weighted by atomic mass is 10.0. The molecule has 0 aliphatic rings. The SMILES string of the molecule is COc1cc2ncc3c(c2cc1-c1cn(C)nc1C)n(-c1c(F)cncc1OC)c(=O)n3C.COc1cc2ncc3c(c2cc1-c1cn(C)nc1C)n(-c1c(F)cncc1OC)c(=O)n3C. The third-order valence-electron chi connectivity index (χ3n) is 11.6. The molecule has 0 amide bonds. The third kappa shape index (κ3) is 6.67. The molecule has 0 N–H and O–H groups in total. The van der Waals surface area contributed by atoms with Crippen molar-refractivity contribution in [3.8, 4) is 56.6 Å². The Hall–Kier alpha value is -8.42. The number of hydrogen-bond acceptors (Lipinski definition) is 12. The van der Waals surface area contributed by atoms with Crippen molar-refractivity contribution in [1.82, 2.24) is 57.8 Å². The molecule has 8 heterocycles. The summed E-state index contributed by atoms with van der Waals surface area (Å²) in [6, 6.07) is 7.40. The molecular weight excluding hydrogens is 855 g/mol. The lowest BCUT2D eigenvalue weighted by molar-refractivity contribution is 0.406. The zero-order valence-electron chi connectivity index (χ0n) is 37.5. The first kappa shape index (κ1) is 42.9. The van der Waals surface area contributed by atoms with Crippen LogP contribution in [0.15, 0.2) is 83.4 Å². The Balaban J connectivity index is 0.000000166. The van der Waals surface area contributed by atoms with Gasteiger partial charge in [0.2, 0.25) is 0 Å². The molecular formula is C46H42F2N12O6. The van der Waals surface area contributed by atoms with Crippen LogP contribution in [0.3, 0.4) is 0 Å². The monoisotopic (exact) mass is 896 g/mol. The van der Waals surface area contributed by atoms with Crippen molar-refractivity contribution in [2.24, 2.45) is 28.2 Å². The number of halogens is 2. The summed E-state index contributed by atoms with van der Waals surface area (Å²) < 4.78 is 60.9. The fraction of sp³-hybridized carbons (Fsp3) is 0.217. The second kappa shape index (κ2) is 16.3. The molecule has 0 spiro atoms. The average Bonchev–Trinajstić information content (AvgIpc) is 4.00. The first-order valence-electron chi connectivity index (χ1n) is 20.2. The van der Waals surface area contributed by atoms with Crippen LogP contribution in [-0.2, 0) is 28.2 Å². The number of rotatable bonds is 8. The van der Waals surface area contributed by atoms with E-state index in [4.69, 9.17) is 18.9 Å². The molecule has 10 rings (SSSR count). The van der Waals surface area contributed by atoms with Crippen LogP contribution < -0.4 is 30.3 Å². The summed E-state index contributed by atoms with van der Waals surface area (Å²) in [5.41, 5.74) is 7.38. The van der Waals surface area contributed by atoms with Crippen molar-refractivity contribution in [1.29, 1.82) is 0 Å². The van der Waals surface area contributed by atoms with Gasteiger partial charge in [0.05, 0.1) is 110 Å². The van der Waals surface area contributed by atoms with E-state index in [9.17, 15) is 9.59 Å². The van der Waals surface area contributed by atoms with Gasteiger partial charge in [-0.25, -0.2) is 18.4 Å². The van der Waals surface area contributed by atoms with Gasteiger partial charge in [-0.2, -0.15) is 10.2 Å². The van der Waals surface area contributed by atoms with Crippen LogP contribution in [0.4, 0.5) is 8.78 Å². The molecule has 8 aromatic heterocycles. The number of aromatic nitrogens is 12. The highest BCUT2D eigenvalue weighted by molar-refractivity contribution is 6.07. The van der Waals surface area contributed by atoms with Gasteiger partial charge in [0.1, 0.15) is 22.9 Å². The summed E-state index contributed by atoms with van der Waals surface area (Å²) in [5, 5.41) is 10.2. The number of nitrogens with zero attached hydrogens (tertiary/aromatic N) is 12. The minimum absolute atomic E-state index is 0.00877. The van der Waals surface area contributed by atoms with Crippen LogP contribution in [0.1, 0.15) is 11.4 Å². The highest BCUT2D eigenvalue weighted by Crippen LogP contribution is 2.40. The Kier molecular flexibility index (Phi) is 10.6. The van der Waals surface area contributed by atoms with E-state index >= 15 is 8.78 Å². The fourth-order valence-electron chi connectivity index (χ4n) is 8.50. The maximum atomic E-state index is 15.0. The van der Waals surface area contributed by atoms with Gasteiger partial charge >= 0.3 is 11.4 Å². The second-order valence-corrected chi connectivity index (χ2v) is 15.4. The van der Waals surface area contributed by atoms with Crippen molar-refractivity contribution in [3.05, 3.63) is 118 Å². The van der Waals surface area contributed by atoms with Gasteiger partial charge in [0.25, 0.3) is 0 Å². The van der Waals surface area contributed by atoms with Gasteiger partial charge in [-0.15, -0.1) is 0 Å². The molecule has 66 heavy (non-hydrogen) atoms. The number of aryl methyl sites for hydroxylation is 6. The molecule has 2 aromatic carbocycles. The van der Waals surface area contributed by atoms with Crippen LogP contribution >= 0.6 is 0 Å². The molecule has 0 unspecified atom stereocenters. The molecule has 20 heteroatoms. The number of imidazole rings is 2. The highest BCUT2D eigenvalue weighted by Gasteiger charge is 2.26. The molecule has 0 aliphatic carbocycles. The van der Waals surface area contributed by atoms with Crippen LogP contribution in [0.2, 0.25) is 0 Å². The van der Waals surface area contributed by atoms with E-state index in [0.29, 0.717) is 55.4 Å². The standard InChI is InChI=1S/2C23H21FN6O3/c2*1-12-15(11-28(2)27-12)13-6-14-17(7-19(13)32-4)26-9-18-21(14)30(23(31)29(18)3)22-16(24)8-25-10-20(22)33-5/h2*6-11H,1-5H3. The predicted molar refractivity (Wildman–Crippen MR) is 243 cm³/mol. The molecule has 0 saturated carbocycles. The molecule has 10 aromatic rings. The summed E-state index contributed by atoms with van der Waals surface area (Å²) in [7, 11) is 12.9.